The Kier molecular flexibility index (Phi) is 6.12. The molecule has 0 saturated carbocycles. The smallest absolute Gasteiger partial charge is 0.339 e. The summed E-state index contributed by atoms with van der Waals surface area (Å²) < 4.78 is 10.9. The zero-order valence-corrected chi connectivity index (χ0v) is 18.0. The summed E-state index contributed by atoms with van der Waals surface area (Å²) in [7, 11) is 0. The summed E-state index contributed by atoms with van der Waals surface area (Å²) in [5.74, 6) is 0.553. The van der Waals surface area contributed by atoms with E-state index in [1.54, 1.807) is 43.3 Å². The van der Waals surface area contributed by atoms with E-state index in [-0.39, 0.29) is 12.2 Å². The Labute approximate surface area is 187 Å². The van der Waals surface area contributed by atoms with E-state index < -0.39 is 5.97 Å². The molecule has 0 amide bonds. The van der Waals surface area contributed by atoms with Crippen molar-refractivity contribution in [3.8, 4) is 17.4 Å². The molecule has 0 fully saturated rings. The molecule has 0 atom stereocenters. The van der Waals surface area contributed by atoms with Gasteiger partial charge in [0.25, 0.3) is 0 Å². The lowest BCUT2D eigenvalue weighted by Gasteiger charge is -2.05. The van der Waals surface area contributed by atoms with Crippen LogP contribution in [0.4, 0.5) is 0 Å². The lowest BCUT2D eigenvalue weighted by atomic mass is 10.1. The second-order valence-electron chi connectivity index (χ2n) is 6.40. The molecular weight excluding hydrogens is 434 g/mol. The second kappa shape index (κ2) is 9.13. The molecule has 0 aliphatic carbocycles. The summed E-state index contributed by atoms with van der Waals surface area (Å²) in [5.41, 5.74) is 2.69. The number of nitrogens with zero attached hydrogens (tertiary/aromatic N) is 2. The summed E-state index contributed by atoms with van der Waals surface area (Å²) in [5, 5.41) is 10.5. The van der Waals surface area contributed by atoms with Gasteiger partial charge in [-0.25, -0.2) is 9.78 Å². The number of para-hydroxylation sites is 2. The molecule has 0 bridgehead atoms. The van der Waals surface area contributed by atoms with Gasteiger partial charge in [0, 0.05) is 11.6 Å². The number of allylic oxidation sites excluding steroid dienone is 1. The van der Waals surface area contributed by atoms with Crippen molar-refractivity contribution in [3.63, 3.8) is 0 Å². The summed E-state index contributed by atoms with van der Waals surface area (Å²) >= 11 is 7.35. The molecule has 4 rings (SSSR count). The number of H-pyrrole nitrogens is 1. The largest absolute Gasteiger partial charge is 0.462 e. The molecule has 2 aromatic heterocycles. The number of ether oxygens (including phenoxy) is 1. The highest BCUT2D eigenvalue weighted by molar-refractivity contribution is 8.03. The Morgan fingerprint density at radius 3 is 2.90 bits per heavy atom. The molecular formula is C23H16ClN3O3S. The van der Waals surface area contributed by atoms with E-state index in [2.05, 4.69) is 16.0 Å². The number of carbonyl (C=O) groups excluding carboxylic acids is 1. The number of halogens is 1. The van der Waals surface area contributed by atoms with Crippen molar-refractivity contribution in [2.75, 3.05) is 6.61 Å². The van der Waals surface area contributed by atoms with Crippen molar-refractivity contribution in [1.29, 1.82) is 5.26 Å². The lowest BCUT2D eigenvalue weighted by Crippen LogP contribution is -2.05. The van der Waals surface area contributed by atoms with E-state index in [0.717, 1.165) is 11.0 Å². The monoisotopic (exact) mass is 449 g/mol. The summed E-state index contributed by atoms with van der Waals surface area (Å²) in [4.78, 5) is 20.2. The number of hydrogen-bond donors (Lipinski definition) is 1. The number of imidazole rings is 1. The van der Waals surface area contributed by atoms with Gasteiger partial charge in [-0.1, -0.05) is 23.7 Å². The van der Waals surface area contributed by atoms with Gasteiger partial charge in [-0.15, -0.1) is 0 Å². The number of nitrogens with one attached hydrogen (secondary N) is 1. The van der Waals surface area contributed by atoms with Crippen LogP contribution < -0.4 is 0 Å². The number of carbonyl (C=O) groups is 1. The van der Waals surface area contributed by atoms with Crippen LogP contribution >= 0.6 is 23.4 Å². The molecule has 31 heavy (non-hydrogen) atoms. The molecule has 0 unspecified atom stereocenters. The van der Waals surface area contributed by atoms with Crippen LogP contribution in [0.15, 0.2) is 69.1 Å². The van der Waals surface area contributed by atoms with Gasteiger partial charge in [-0.05, 0) is 61.2 Å². The van der Waals surface area contributed by atoms with Gasteiger partial charge in [-0.2, -0.15) is 5.26 Å². The first-order valence-electron chi connectivity index (χ1n) is 9.38. The highest BCUT2D eigenvalue weighted by Gasteiger charge is 2.15. The van der Waals surface area contributed by atoms with Crippen LogP contribution in [-0.2, 0) is 4.74 Å². The minimum atomic E-state index is -0.491. The fourth-order valence-corrected chi connectivity index (χ4v) is 3.85. The number of fused-ring (bicyclic) bond motifs is 1. The van der Waals surface area contributed by atoms with E-state index in [4.69, 9.17) is 20.8 Å². The van der Waals surface area contributed by atoms with Gasteiger partial charge in [0.05, 0.1) is 33.1 Å². The Bertz CT molecular complexity index is 1300. The molecule has 2 heterocycles. The second-order valence-corrected chi connectivity index (χ2v) is 7.84. The summed E-state index contributed by atoms with van der Waals surface area (Å²) in [6, 6.07) is 18.4. The van der Waals surface area contributed by atoms with Crippen LogP contribution in [0, 0.1) is 11.3 Å². The third-order valence-corrected chi connectivity index (χ3v) is 5.48. The average Bonchev–Trinajstić information content (AvgIpc) is 3.40. The number of thioether (sulfide) groups is 1. The third-order valence-electron chi connectivity index (χ3n) is 4.33. The van der Waals surface area contributed by atoms with Crippen LogP contribution in [0.5, 0.6) is 0 Å². The van der Waals surface area contributed by atoms with Gasteiger partial charge < -0.3 is 14.1 Å². The SMILES string of the molecule is CCOC(=O)c1cc(-c2ccc(/C=C(\C#N)Sc3nc4ccccc4[nH]3)o2)ccc1Cl. The first-order chi connectivity index (χ1) is 15.1. The topological polar surface area (TPSA) is 91.9 Å². The minimum absolute atomic E-state index is 0.259. The highest BCUT2D eigenvalue weighted by atomic mass is 35.5. The van der Waals surface area contributed by atoms with Gasteiger partial charge in [0.1, 0.15) is 17.6 Å². The van der Waals surface area contributed by atoms with Crippen molar-refractivity contribution in [1.82, 2.24) is 9.97 Å². The van der Waals surface area contributed by atoms with Crippen molar-refractivity contribution < 1.29 is 13.9 Å². The number of aromatic amines is 1. The number of hydrogen-bond acceptors (Lipinski definition) is 6. The number of aromatic nitrogens is 2. The van der Waals surface area contributed by atoms with Crippen molar-refractivity contribution in [3.05, 3.63) is 75.8 Å². The highest BCUT2D eigenvalue weighted by Crippen LogP contribution is 2.31. The molecule has 6 nitrogen and oxygen atoms in total. The Balaban J connectivity index is 1.57. The maximum absolute atomic E-state index is 12.1. The number of rotatable bonds is 6. The normalized spacial score (nSPS) is 11.5. The Hall–Kier alpha value is -3.47. The molecule has 1 N–H and O–H groups in total. The van der Waals surface area contributed by atoms with Crippen LogP contribution in [-0.4, -0.2) is 22.5 Å². The molecule has 0 aliphatic rings. The Morgan fingerprint density at radius 2 is 2.13 bits per heavy atom. The lowest BCUT2D eigenvalue weighted by molar-refractivity contribution is 0.0526. The molecule has 0 aliphatic heterocycles. The predicted octanol–water partition coefficient (Wildman–Crippen LogP) is 6.31. The fraction of sp³-hybridized carbons (Fsp3) is 0.0870. The van der Waals surface area contributed by atoms with Crippen LogP contribution in [0.25, 0.3) is 28.4 Å². The molecule has 2 aromatic carbocycles. The Morgan fingerprint density at radius 1 is 1.29 bits per heavy atom. The quantitative estimate of drug-likeness (QED) is 0.210. The molecule has 0 spiro atoms. The predicted molar refractivity (Wildman–Crippen MR) is 121 cm³/mol. The van der Waals surface area contributed by atoms with Crippen LogP contribution in [0.2, 0.25) is 5.02 Å². The average molecular weight is 450 g/mol. The molecule has 8 heteroatoms. The van der Waals surface area contributed by atoms with E-state index in [9.17, 15) is 10.1 Å². The van der Waals surface area contributed by atoms with Crippen molar-refractivity contribution in [2.24, 2.45) is 0 Å². The fourth-order valence-electron chi connectivity index (χ4n) is 2.93. The van der Waals surface area contributed by atoms with Crippen LogP contribution in [0.3, 0.4) is 0 Å². The van der Waals surface area contributed by atoms with E-state index >= 15 is 0 Å². The minimum Gasteiger partial charge on any atom is -0.462 e. The zero-order valence-electron chi connectivity index (χ0n) is 16.4. The maximum atomic E-state index is 12.1. The summed E-state index contributed by atoms with van der Waals surface area (Å²) in [6.45, 7) is 1.99. The number of esters is 1. The third kappa shape index (κ3) is 4.66. The van der Waals surface area contributed by atoms with E-state index in [0.29, 0.717) is 32.2 Å². The number of benzene rings is 2. The molecule has 4 aromatic rings. The zero-order chi connectivity index (χ0) is 21.8. The van der Waals surface area contributed by atoms with Gasteiger partial charge in [0.2, 0.25) is 0 Å². The first-order valence-corrected chi connectivity index (χ1v) is 10.6. The number of furan rings is 1. The molecule has 0 radical (unpaired) electrons. The first kappa shape index (κ1) is 20.8. The summed E-state index contributed by atoms with van der Waals surface area (Å²) in [6.07, 6.45) is 1.64. The molecule has 154 valence electrons. The van der Waals surface area contributed by atoms with E-state index in [1.165, 1.54) is 11.8 Å². The van der Waals surface area contributed by atoms with Gasteiger partial charge in [-0.3, -0.25) is 0 Å². The van der Waals surface area contributed by atoms with Gasteiger partial charge >= 0.3 is 5.97 Å². The van der Waals surface area contributed by atoms with Crippen LogP contribution in [0.1, 0.15) is 23.0 Å². The standard InChI is InChI=1S/C23H16ClN3O3S/c1-2-29-22(28)17-11-14(7-9-18(17)24)21-10-8-15(30-21)12-16(13-25)31-23-26-19-5-3-4-6-20(19)27-23/h3-12H,2H2,1H3,(H,26,27)/b16-12+. The number of nitriles is 1. The van der Waals surface area contributed by atoms with E-state index in [1.807, 2.05) is 24.3 Å². The molecule has 0 saturated heterocycles. The maximum Gasteiger partial charge on any atom is 0.339 e. The van der Waals surface area contributed by atoms with Crippen molar-refractivity contribution in [2.45, 2.75) is 12.1 Å². The van der Waals surface area contributed by atoms with Crippen molar-refractivity contribution >= 4 is 46.4 Å². The van der Waals surface area contributed by atoms with Gasteiger partial charge in [0.15, 0.2) is 5.16 Å².